The molecular formula is C22H23N3O5. The first-order chi connectivity index (χ1) is 14.4. The number of benzene rings is 2. The van der Waals surface area contributed by atoms with Crippen molar-refractivity contribution >= 4 is 17.7 Å². The SMILES string of the molecule is CCN1C(=O)N[C@H](c2ccccc2[N+](=O)[O-])C(C(=O)OCCc2ccccc2)=C1C. The average Bonchev–Trinajstić information content (AvgIpc) is 2.74. The van der Waals surface area contributed by atoms with Gasteiger partial charge in [-0.25, -0.2) is 9.59 Å². The second-order valence-electron chi connectivity index (χ2n) is 6.81. The van der Waals surface area contributed by atoms with Gasteiger partial charge in [-0.1, -0.05) is 42.5 Å². The maximum atomic E-state index is 13.0. The summed E-state index contributed by atoms with van der Waals surface area (Å²) >= 11 is 0. The summed E-state index contributed by atoms with van der Waals surface area (Å²) in [7, 11) is 0. The van der Waals surface area contributed by atoms with Crippen molar-refractivity contribution in [2.45, 2.75) is 26.3 Å². The fraction of sp³-hybridized carbons (Fsp3) is 0.273. The van der Waals surface area contributed by atoms with Crippen molar-refractivity contribution in [1.82, 2.24) is 10.2 Å². The number of urea groups is 1. The van der Waals surface area contributed by atoms with E-state index in [1.165, 1.54) is 17.0 Å². The number of ether oxygens (including phenoxy) is 1. The second kappa shape index (κ2) is 9.21. The summed E-state index contributed by atoms with van der Waals surface area (Å²) in [6.07, 6.45) is 0.541. The van der Waals surface area contributed by atoms with Crippen LogP contribution >= 0.6 is 0 Å². The summed E-state index contributed by atoms with van der Waals surface area (Å²) in [6, 6.07) is 14.3. The number of nitrogens with one attached hydrogen (secondary N) is 1. The molecule has 2 aromatic rings. The van der Waals surface area contributed by atoms with Crippen molar-refractivity contribution in [3.8, 4) is 0 Å². The summed E-state index contributed by atoms with van der Waals surface area (Å²) in [5, 5.41) is 14.2. The highest BCUT2D eigenvalue weighted by Crippen LogP contribution is 2.35. The van der Waals surface area contributed by atoms with E-state index in [0.717, 1.165) is 5.56 Å². The Hall–Kier alpha value is -3.68. The van der Waals surface area contributed by atoms with Crippen LogP contribution in [0.3, 0.4) is 0 Å². The number of rotatable bonds is 7. The van der Waals surface area contributed by atoms with Crippen LogP contribution in [0.2, 0.25) is 0 Å². The van der Waals surface area contributed by atoms with Gasteiger partial charge in [-0.15, -0.1) is 0 Å². The van der Waals surface area contributed by atoms with E-state index in [2.05, 4.69) is 5.32 Å². The number of allylic oxidation sites excluding steroid dienone is 1. The molecule has 1 N–H and O–H groups in total. The summed E-state index contributed by atoms with van der Waals surface area (Å²) in [5.74, 6) is -0.606. The predicted octanol–water partition coefficient (Wildman–Crippen LogP) is 3.74. The fourth-order valence-corrected chi connectivity index (χ4v) is 3.54. The largest absolute Gasteiger partial charge is 0.462 e. The van der Waals surface area contributed by atoms with Gasteiger partial charge in [0.2, 0.25) is 0 Å². The molecular weight excluding hydrogens is 386 g/mol. The van der Waals surface area contributed by atoms with Gasteiger partial charge in [0, 0.05) is 24.7 Å². The number of hydrogen-bond donors (Lipinski definition) is 1. The number of hydrogen-bond acceptors (Lipinski definition) is 5. The zero-order chi connectivity index (χ0) is 21.7. The van der Waals surface area contributed by atoms with Gasteiger partial charge in [0.15, 0.2) is 0 Å². The topological polar surface area (TPSA) is 102 Å². The van der Waals surface area contributed by atoms with Crippen LogP contribution in [0.1, 0.15) is 31.0 Å². The number of carbonyl (C=O) groups is 2. The van der Waals surface area contributed by atoms with E-state index in [9.17, 15) is 19.7 Å². The standard InChI is InChI=1S/C22H23N3O5/c1-3-24-15(2)19(21(26)30-14-13-16-9-5-4-6-10-16)20(23-22(24)27)17-11-7-8-12-18(17)25(28)29/h4-12,20H,3,13-14H2,1-2H3,(H,23,27)/t20-/m1/s1. The van der Waals surface area contributed by atoms with Gasteiger partial charge in [0.25, 0.3) is 5.69 Å². The summed E-state index contributed by atoms with van der Waals surface area (Å²) in [5.41, 5.74) is 1.71. The van der Waals surface area contributed by atoms with Crippen molar-refractivity contribution in [2.75, 3.05) is 13.2 Å². The molecule has 0 fully saturated rings. The first-order valence-corrected chi connectivity index (χ1v) is 9.67. The lowest BCUT2D eigenvalue weighted by Crippen LogP contribution is -2.48. The van der Waals surface area contributed by atoms with Crippen LogP contribution in [-0.4, -0.2) is 35.0 Å². The monoisotopic (exact) mass is 409 g/mol. The third-order valence-electron chi connectivity index (χ3n) is 5.04. The zero-order valence-electron chi connectivity index (χ0n) is 16.8. The lowest BCUT2D eigenvalue weighted by molar-refractivity contribution is -0.385. The molecule has 2 aromatic carbocycles. The minimum absolute atomic E-state index is 0.156. The van der Waals surface area contributed by atoms with Crippen molar-refractivity contribution < 1.29 is 19.2 Å². The van der Waals surface area contributed by atoms with E-state index in [-0.39, 0.29) is 23.4 Å². The van der Waals surface area contributed by atoms with Gasteiger partial charge in [-0.2, -0.15) is 0 Å². The first kappa shape index (κ1) is 21.0. The predicted molar refractivity (Wildman–Crippen MR) is 111 cm³/mol. The Labute approximate surface area is 174 Å². The second-order valence-corrected chi connectivity index (χ2v) is 6.81. The molecule has 0 bridgehead atoms. The third-order valence-corrected chi connectivity index (χ3v) is 5.04. The molecule has 30 heavy (non-hydrogen) atoms. The van der Waals surface area contributed by atoms with Gasteiger partial charge in [0.1, 0.15) is 0 Å². The van der Waals surface area contributed by atoms with Crippen LogP contribution in [0.5, 0.6) is 0 Å². The molecule has 156 valence electrons. The van der Waals surface area contributed by atoms with Crippen molar-refractivity contribution in [1.29, 1.82) is 0 Å². The van der Waals surface area contributed by atoms with Crippen molar-refractivity contribution in [2.24, 2.45) is 0 Å². The zero-order valence-corrected chi connectivity index (χ0v) is 16.8. The first-order valence-electron chi connectivity index (χ1n) is 9.67. The molecule has 0 aromatic heterocycles. The van der Waals surface area contributed by atoms with Gasteiger partial charge in [0.05, 0.1) is 28.7 Å². The van der Waals surface area contributed by atoms with Crippen LogP contribution in [0.15, 0.2) is 65.9 Å². The maximum absolute atomic E-state index is 13.0. The van der Waals surface area contributed by atoms with E-state index in [1.807, 2.05) is 30.3 Å². The molecule has 0 radical (unpaired) electrons. The normalized spacial score (nSPS) is 16.3. The molecule has 8 nitrogen and oxygen atoms in total. The molecule has 1 aliphatic rings. The highest BCUT2D eigenvalue weighted by molar-refractivity contribution is 5.95. The molecule has 0 saturated carbocycles. The highest BCUT2D eigenvalue weighted by atomic mass is 16.6. The fourth-order valence-electron chi connectivity index (χ4n) is 3.54. The van der Waals surface area contributed by atoms with E-state index in [0.29, 0.717) is 18.7 Å². The number of amides is 2. The molecule has 3 rings (SSSR count). The van der Waals surface area contributed by atoms with Crippen LogP contribution in [0, 0.1) is 10.1 Å². The van der Waals surface area contributed by atoms with Gasteiger partial charge < -0.3 is 10.1 Å². The Morgan fingerprint density at radius 3 is 2.50 bits per heavy atom. The molecule has 0 aliphatic carbocycles. The maximum Gasteiger partial charge on any atom is 0.338 e. The van der Waals surface area contributed by atoms with Crippen LogP contribution in [0.25, 0.3) is 0 Å². The number of nitrogens with zero attached hydrogens (tertiary/aromatic N) is 2. The number of carbonyl (C=O) groups excluding carboxylic acids is 2. The molecule has 0 saturated heterocycles. The minimum atomic E-state index is -0.967. The number of nitro groups is 1. The van der Waals surface area contributed by atoms with Gasteiger partial charge in [-0.3, -0.25) is 15.0 Å². The molecule has 0 spiro atoms. The summed E-state index contributed by atoms with van der Waals surface area (Å²) in [4.78, 5) is 37.9. The van der Waals surface area contributed by atoms with E-state index in [1.54, 1.807) is 26.0 Å². The Morgan fingerprint density at radius 2 is 1.83 bits per heavy atom. The molecule has 1 atom stereocenters. The molecule has 2 amide bonds. The Morgan fingerprint density at radius 1 is 1.17 bits per heavy atom. The molecule has 0 unspecified atom stereocenters. The average molecular weight is 409 g/mol. The minimum Gasteiger partial charge on any atom is -0.462 e. The van der Waals surface area contributed by atoms with Gasteiger partial charge in [-0.05, 0) is 25.5 Å². The highest BCUT2D eigenvalue weighted by Gasteiger charge is 2.38. The lowest BCUT2D eigenvalue weighted by Gasteiger charge is -2.34. The Kier molecular flexibility index (Phi) is 6.46. The number of esters is 1. The van der Waals surface area contributed by atoms with Gasteiger partial charge >= 0.3 is 12.0 Å². The van der Waals surface area contributed by atoms with Crippen LogP contribution in [-0.2, 0) is 16.0 Å². The third kappa shape index (κ3) is 4.32. The van der Waals surface area contributed by atoms with Crippen LogP contribution < -0.4 is 5.32 Å². The Balaban J connectivity index is 1.92. The smallest absolute Gasteiger partial charge is 0.338 e. The molecule has 8 heteroatoms. The van der Waals surface area contributed by atoms with Crippen LogP contribution in [0.4, 0.5) is 10.5 Å². The number of para-hydroxylation sites is 1. The summed E-state index contributed by atoms with van der Waals surface area (Å²) in [6.45, 7) is 3.94. The van der Waals surface area contributed by atoms with E-state index >= 15 is 0 Å². The molecule has 1 aliphatic heterocycles. The Bertz CT molecular complexity index is 987. The van der Waals surface area contributed by atoms with Crippen molar-refractivity contribution in [3.05, 3.63) is 87.1 Å². The van der Waals surface area contributed by atoms with E-state index < -0.39 is 23.0 Å². The lowest BCUT2D eigenvalue weighted by atomic mass is 9.93. The van der Waals surface area contributed by atoms with E-state index in [4.69, 9.17) is 4.74 Å². The quantitative estimate of drug-likeness (QED) is 0.426. The molecule has 1 heterocycles. The van der Waals surface area contributed by atoms with Crippen molar-refractivity contribution in [3.63, 3.8) is 0 Å². The number of nitro benzene ring substituents is 1. The summed E-state index contributed by atoms with van der Waals surface area (Å²) < 4.78 is 5.49.